The molecule has 1 heterocycles. The summed E-state index contributed by atoms with van der Waals surface area (Å²) >= 11 is 0. The Kier molecular flexibility index (Phi) is 4.75. The van der Waals surface area contributed by atoms with E-state index in [1.165, 1.54) is 0 Å². The Morgan fingerprint density at radius 1 is 1.19 bits per heavy atom. The Morgan fingerprint density at radius 3 is 2.48 bits per heavy atom. The van der Waals surface area contributed by atoms with E-state index in [1.807, 2.05) is 51.1 Å². The van der Waals surface area contributed by atoms with Gasteiger partial charge in [-0.25, -0.2) is 9.97 Å². The molecule has 0 fully saturated rings. The van der Waals surface area contributed by atoms with Crippen LogP contribution < -0.4 is 11.1 Å². The van der Waals surface area contributed by atoms with Crippen LogP contribution in [0.2, 0.25) is 0 Å². The second kappa shape index (κ2) is 6.54. The molecule has 0 bridgehead atoms. The van der Waals surface area contributed by atoms with E-state index in [-0.39, 0.29) is 5.92 Å². The molecule has 112 valence electrons. The summed E-state index contributed by atoms with van der Waals surface area (Å²) in [5, 5.41) is 13.3. The van der Waals surface area contributed by atoms with Gasteiger partial charge in [-0.15, -0.1) is 0 Å². The van der Waals surface area contributed by atoms with Gasteiger partial charge in [0.15, 0.2) is 0 Å². The van der Waals surface area contributed by atoms with Crippen molar-refractivity contribution in [2.24, 2.45) is 0 Å². The fraction of sp³-hybridized carbons (Fsp3) is 0.375. The fourth-order valence-electron chi connectivity index (χ4n) is 1.97. The first-order valence-corrected chi connectivity index (χ1v) is 7.10. The van der Waals surface area contributed by atoms with E-state index >= 15 is 0 Å². The third-order valence-corrected chi connectivity index (χ3v) is 3.36. The van der Waals surface area contributed by atoms with Crippen molar-refractivity contribution in [3.63, 3.8) is 0 Å². The summed E-state index contributed by atoms with van der Waals surface area (Å²) in [6, 6.07) is 9.53. The second-order valence-corrected chi connectivity index (χ2v) is 5.40. The molecule has 1 aromatic heterocycles. The number of hydrogen-bond acceptors (Lipinski definition) is 5. The van der Waals surface area contributed by atoms with E-state index in [4.69, 9.17) is 5.73 Å². The topological polar surface area (TPSA) is 84.1 Å². The lowest BCUT2D eigenvalue weighted by Gasteiger charge is -2.16. The molecule has 1 unspecified atom stereocenters. The molecular weight excluding hydrogens is 264 g/mol. The molecule has 0 saturated carbocycles. The van der Waals surface area contributed by atoms with Gasteiger partial charge in [0, 0.05) is 18.0 Å². The van der Waals surface area contributed by atoms with Crippen molar-refractivity contribution in [2.75, 3.05) is 17.6 Å². The van der Waals surface area contributed by atoms with Gasteiger partial charge in [-0.2, -0.15) is 0 Å². The average Bonchev–Trinajstić information content (AvgIpc) is 2.49. The van der Waals surface area contributed by atoms with E-state index in [0.29, 0.717) is 24.0 Å². The van der Waals surface area contributed by atoms with Crippen LogP contribution in [0.1, 0.15) is 42.8 Å². The molecule has 0 aliphatic carbocycles. The van der Waals surface area contributed by atoms with Gasteiger partial charge in [0.2, 0.25) is 0 Å². The second-order valence-electron chi connectivity index (χ2n) is 5.40. The number of aromatic nitrogens is 2. The molecule has 2 rings (SSSR count). The van der Waals surface area contributed by atoms with E-state index in [9.17, 15) is 5.11 Å². The predicted octanol–water partition coefficient (Wildman–Crippen LogP) is 2.64. The molecule has 0 spiro atoms. The molecule has 0 amide bonds. The van der Waals surface area contributed by atoms with Gasteiger partial charge in [0.05, 0.1) is 6.10 Å². The van der Waals surface area contributed by atoms with Crippen molar-refractivity contribution >= 4 is 11.6 Å². The molecule has 0 aliphatic rings. The van der Waals surface area contributed by atoms with E-state index in [1.54, 1.807) is 0 Å². The molecule has 0 radical (unpaired) electrons. The molecule has 1 atom stereocenters. The number of nitrogens with zero attached hydrogens (tertiary/aromatic N) is 2. The van der Waals surface area contributed by atoms with Crippen LogP contribution in [0.4, 0.5) is 11.6 Å². The lowest BCUT2D eigenvalue weighted by atomic mass is 10.1. The Morgan fingerprint density at radius 2 is 1.86 bits per heavy atom. The first kappa shape index (κ1) is 15.3. The highest BCUT2D eigenvalue weighted by Gasteiger charge is 2.13. The molecule has 1 aromatic carbocycles. The van der Waals surface area contributed by atoms with Crippen molar-refractivity contribution in [3.05, 3.63) is 47.3 Å². The molecular formula is C16H22N4O. The Balaban J connectivity index is 2.13. The van der Waals surface area contributed by atoms with Gasteiger partial charge in [-0.3, -0.25) is 0 Å². The van der Waals surface area contributed by atoms with Crippen LogP contribution in [0.25, 0.3) is 0 Å². The zero-order valence-corrected chi connectivity index (χ0v) is 12.7. The van der Waals surface area contributed by atoms with Gasteiger partial charge in [0.1, 0.15) is 17.5 Å². The van der Waals surface area contributed by atoms with Gasteiger partial charge in [0.25, 0.3) is 0 Å². The van der Waals surface area contributed by atoms with Crippen LogP contribution in [-0.4, -0.2) is 21.6 Å². The Bertz CT molecular complexity index is 599. The summed E-state index contributed by atoms with van der Waals surface area (Å²) in [7, 11) is 0. The Hall–Kier alpha value is -2.14. The van der Waals surface area contributed by atoms with Crippen molar-refractivity contribution in [2.45, 2.75) is 32.8 Å². The van der Waals surface area contributed by atoms with Crippen LogP contribution >= 0.6 is 0 Å². The number of anilines is 2. The van der Waals surface area contributed by atoms with E-state index in [2.05, 4.69) is 15.3 Å². The number of hydrogen-bond donors (Lipinski definition) is 3. The van der Waals surface area contributed by atoms with E-state index < -0.39 is 6.10 Å². The van der Waals surface area contributed by atoms with Crippen LogP contribution in [0, 0.1) is 6.92 Å². The van der Waals surface area contributed by atoms with Crippen molar-refractivity contribution < 1.29 is 5.11 Å². The number of aliphatic hydroxyl groups is 1. The largest absolute Gasteiger partial charge is 0.387 e. The molecule has 0 saturated heterocycles. The number of nitrogens with one attached hydrogen (secondary N) is 1. The first-order valence-electron chi connectivity index (χ1n) is 7.10. The summed E-state index contributed by atoms with van der Waals surface area (Å²) in [4.78, 5) is 8.77. The number of benzene rings is 1. The van der Waals surface area contributed by atoms with Crippen LogP contribution in [0.3, 0.4) is 0 Å². The normalized spacial score (nSPS) is 12.4. The molecule has 21 heavy (non-hydrogen) atoms. The summed E-state index contributed by atoms with van der Waals surface area (Å²) in [6.45, 7) is 6.29. The summed E-state index contributed by atoms with van der Waals surface area (Å²) in [5.74, 6) is 2.06. The third-order valence-electron chi connectivity index (χ3n) is 3.36. The smallest absolute Gasteiger partial charge is 0.135 e. The zero-order valence-electron chi connectivity index (χ0n) is 12.7. The maximum atomic E-state index is 10.2. The van der Waals surface area contributed by atoms with Crippen molar-refractivity contribution in [1.82, 2.24) is 9.97 Å². The highest BCUT2D eigenvalue weighted by atomic mass is 16.3. The lowest BCUT2D eigenvalue weighted by molar-refractivity contribution is 0.191. The molecule has 4 N–H and O–H groups in total. The fourth-order valence-corrected chi connectivity index (χ4v) is 1.97. The zero-order chi connectivity index (χ0) is 15.4. The highest BCUT2D eigenvalue weighted by Crippen LogP contribution is 2.22. The van der Waals surface area contributed by atoms with Crippen LogP contribution in [0.5, 0.6) is 0 Å². The molecule has 2 aromatic rings. The molecule has 5 heteroatoms. The molecule has 0 aliphatic heterocycles. The SMILES string of the molecule is Cc1c(N)nc(C(C)C)nc1NCC(O)c1ccccc1. The van der Waals surface area contributed by atoms with Gasteiger partial charge in [-0.05, 0) is 12.5 Å². The maximum Gasteiger partial charge on any atom is 0.135 e. The minimum Gasteiger partial charge on any atom is -0.387 e. The van der Waals surface area contributed by atoms with Gasteiger partial charge in [-0.1, -0.05) is 44.2 Å². The monoisotopic (exact) mass is 286 g/mol. The summed E-state index contributed by atoms with van der Waals surface area (Å²) in [5.41, 5.74) is 7.60. The number of nitrogens with two attached hydrogens (primary N) is 1. The highest BCUT2D eigenvalue weighted by molar-refractivity contribution is 5.55. The van der Waals surface area contributed by atoms with Crippen LogP contribution in [-0.2, 0) is 0 Å². The van der Waals surface area contributed by atoms with Gasteiger partial charge < -0.3 is 16.2 Å². The maximum absolute atomic E-state index is 10.2. The summed E-state index contributed by atoms with van der Waals surface area (Å²) in [6.07, 6.45) is -0.593. The third kappa shape index (κ3) is 3.70. The van der Waals surface area contributed by atoms with E-state index in [0.717, 1.165) is 11.1 Å². The average molecular weight is 286 g/mol. The van der Waals surface area contributed by atoms with Crippen LogP contribution in [0.15, 0.2) is 30.3 Å². The first-order chi connectivity index (χ1) is 9.99. The lowest BCUT2D eigenvalue weighted by Crippen LogP contribution is -2.16. The number of rotatable bonds is 5. The minimum absolute atomic E-state index is 0.201. The standard InChI is InChI=1S/C16H22N4O/c1-10(2)15-19-14(17)11(3)16(20-15)18-9-13(21)12-7-5-4-6-8-12/h4-8,10,13,21H,9H2,1-3H3,(H3,17,18,19,20). The molecule has 5 nitrogen and oxygen atoms in total. The van der Waals surface area contributed by atoms with Gasteiger partial charge >= 0.3 is 0 Å². The van der Waals surface area contributed by atoms with Crippen molar-refractivity contribution in [1.29, 1.82) is 0 Å². The number of aliphatic hydroxyl groups excluding tert-OH is 1. The predicted molar refractivity (Wildman–Crippen MR) is 85.2 cm³/mol. The summed E-state index contributed by atoms with van der Waals surface area (Å²) < 4.78 is 0. The number of nitrogen functional groups attached to an aromatic ring is 1. The minimum atomic E-state index is -0.593. The quantitative estimate of drug-likeness (QED) is 0.787. The Labute approximate surface area is 125 Å². The van der Waals surface area contributed by atoms with Crippen molar-refractivity contribution in [3.8, 4) is 0 Å².